The minimum absolute atomic E-state index is 0.259. The maximum absolute atomic E-state index is 13.3. The van der Waals surface area contributed by atoms with Crippen molar-refractivity contribution < 1.29 is 29.0 Å². The summed E-state index contributed by atoms with van der Waals surface area (Å²) in [5.74, 6) is -1.33. The number of fused-ring (bicyclic) bond motifs is 5. The number of para-hydroxylation sites is 1. The Morgan fingerprint density at radius 3 is 2.48 bits per heavy atom. The normalized spacial score (nSPS) is 17.3. The lowest BCUT2D eigenvalue weighted by Crippen LogP contribution is -2.49. The first kappa shape index (κ1) is 16.9. The molecule has 2 aromatic carbocycles. The van der Waals surface area contributed by atoms with Crippen LogP contribution in [0.25, 0.3) is 0 Å². The average Bonchev–Trinajstić information content (AvgIpc) is 2.97. The molecule has 0 bridgehead atoms. The van der Waals surface area contributed by atoms with E-state index in [1.54, 1.807) is 36.4 Å². The molecule has 27 heavy (non-hydrogen) atoms. The first-order valence-electron chi connectivity index (χ1n) is 8.19. The van der Waals surface area contributed by atoms with E-state index in [4.69, 9.17) is 9.47 Å². The van der Waals surface area contributed by atoms with Crippen molar-refractivity contribution in [3.8, 4) is 11.5 Å². The maximum atomic E-state index is 13.3. The van der Waals surface area contributed by atoms with E-state index in [0.717, 1.165) is 0 Å². The summed E-state index contributed by atoms with van der Waals surface area (Å²) in [6, 6.07) is 9.95. The standard InChI is InChI=1S/C19H16N2O6/c1-26-13-8-7-11-15(16(13)27-2)19(25)21-12-6-4-3-5-10(12)18(24)20(17(11)21)9-14(22)23/h3-8,17H,9H2,1-2H3,(H,22,23)/t17-/m1/s1. The molecule has 2 aliphatic heterocycles. The lowest BCUT2D eigenvalue weighted by Gasteiger charge is -2.40. The zero-order valence-corrected chi connectivity index (χ0v) is 14.6. The van der Waals surface area contributed by atoms with Gasteiger partial charge < -0.3 is 19.5 Å². The second kappa shape index (κ2) is 6.01. The zero-order valence-electron chi connectivity index (χ0n) is 14.6. The average molecular weight is 368 g/mol. The van der Waals surface area contributed by atoms with Crippen LogP contribution >= 0.6 is 0 Å². The van der Waals surface area contributed by atoms with Crippen LogP contribution in [0.15, 0.2) is 36.4 Å². The molecule has 0 saturated carbocycles. The molecule has 1 atom stereocenters. The van der Waals surface area contributed by atoms with Gasteiger partial charge >= 0.3 is 5.97 Å². The Balaban J connectivity index is 1.99. The Morgan fingerprint density at radius 2 is 1.81 bits per heavy atom. The van der Waals surface area contributed by atoms with Gasteiger partial charge in [-0.05, 0) is 18.2 Å². The highest BCUT2D eigenvalue weighted by atomic mass is 16.5. The lowest BCUT2D eigenvalue weighted by atomic mass is 10.0. The van der Waals surface area contributed by atoms with Crippen LogP contribution in [0, 0.1) is 0 Å². The summed E-state index contributed by atoms with van der Waals surface area (Å²) in [4.78, 5) is 40.2. The highest BCUT2D eigenvalue weighted by Crippen LogP contribution is 2.49. The van der Waals surface area contributed by atoms with E-state index in [0.29, 0.717) is 17.0 Å². The minimum Gasteiger partial charge on any atom is -0.493 e. The fraction of sp³-hybridized carbons (Fsp3) is 0.211. The Bertz CT molecular complexity index is 986. The van der Waals surface area contributed by atoms with Crippen molar-refractivity contribution in [2.24, 2.45) is 0 Å². The van der Waals surface area contributed by atoms with E-state index >= 15 is 0 Å². The second-order valence-electron chi connectivity index (χ2n) is 6.16. The molecule has 0 fully saturated rings. The number of methoxy groups -OCH3 is 2. The molecule has 8 heteroatoms. The van der Waals surface area contributed by atoms with Crippen LogP contribution in [-0.2, 0) is 4.79 Å². The molecule has 2 aliphatic rings. The third-order valence-corrected chi connectivity index (χ3v) is 4.79. The van der Waals surface area contributed by atoms with Crippen LogP contribution in [0.5, 0.6) is 11.5 Å². The Hall–Kier alpha value is -3.55. The first-order valence-corrected chi connectivity index (χ1v) is 8.19. The predicted octanol–water partition coefficient (Wildman–Crippen LogP) is 1.90. The van der Waals surface area contributed by atoms with Crippen molar-refractivity contribution in [2.75, 3.05) is 25.7 Å². The topological polar surface area (TPSA) is 96.4 Å². The molecule has 0 radical (unpaired) electrons. The number of carbonyl (C=O) groups is 3. The quantitative estimate of drug-likeness (QED) is 0.885. The van der Waals surface area contributed by atoms with Gasteiger partial charge in [0.1, 0.15) is 12.7 Å². The van der Waals surface area contributed by atoms with Gasteiger partial charge in [-0.2, -0.15) is 0 Å². The summed E-state index contributed by atoms with van der Waals surface area (Å²) in [6.45, 7) is -0.532. The molecule has 0 unspecified atom stereocenters. The van der Waals surface area contributed by atoms with Gasteiger partial charge in [-0.3, -0.25) is 19.3 Å². The van der Waals surface area contributed by atoms with Gasteiger partial charge in [-0.15, -0.1) is 0 Å². The minimum atomic E-state index is -1.16. The number of carboxylic acids is 1. The number of carbonyl (C=O) groups excluding carboxylic acids is 2. The fourth-order valence-corrected chi connectivity index (χ4v) is 3.73. The van der Waals surface area contributed by atoms with Crippen molar-refractivity contribution >= 4 is 23.5 Å². The van der Waals surface area contributed by atoms with Gasteiger partial charge in [0.15, 0.2) is 11.5 Å². The summed E-state index contributed by atoms with van der Waals surface area (Å²) in [5, 5.41) is 9.31. The molecule has 1 N–H and O–H groups in total. The van der Waals surface area contributed by atoms with Crippen LogP contribution in [0.1, 0.15) is 32.4 Å². The first-order chi connectivity index (χ1) is 13.0. The van der Waals surface area contributed by atoms with Gasteiger partial charge in [0.2, 0.25) is 0 Å². The van der Waals surface area contributed by atoms with Gasteiger partial charge in [0, 0.05) is 5.56 Å². The molecule has 2 aromatic rings. The molecule has 0 aromatic heterocycles. The predicted molar refractivity (Wildman–Crippen MR) is 94.2 cm³/mol. The van der Waals surface area contributed by atoms with Crippen molar-refractivity contribution in [1.29, 1.82) is 0 Å². The molecule has 4 rings (SSSR count). The number of ether oxygens (including phenoxy) is 2. The molecule has 0 aliphatic carbocycles. The van der Waals surface area contributed by atoms with Crippen LogP contribution < -0.4 is 14.4 Å². The fourth-order valence-electron chi connectivity index (χ4n) is 3.73. The molecule has 2 amide bonds. The van der Waals surface area contributed by atoms with E-state index < -0.39 is 24.6 Å². The van der Waals surface area contributed by atoms with Gasteiger partial charge in [-0.1, -0.05) is 18.2 Å². The van der Waals surface area contributed by atoms with Crippen molar-refractivity contribution in [3.63, 3.8) is 0 Å². The van der Waals surface area contributed by atoms with Crippen LogP contribution in [0.4, 0.5) is 5.69 Å². The molecular weight excluding hydrogens is 352 g/mol. The van der Waals surface area contributed by atoms with E-state index in [2.05, 4.69) is 0 Å². The SMILES string of the molecule is COc1ccc2c(c1OC)C(=O)N1c3ccccc3C(=O)N(CC(=O)O)[C@@H]21. The Labute approximate surface area is 154 Å². The van der Waals surface area contributed by atoms with Gasteiger partial charge in [-0.25, -0.2) is 0 Å². The highest BCUT2D eigenvalue weighted by molar-refractivity contribution is 6.18. The summed E-state index contributed by atoms with van der Waals surface area (Å²) in [5.41, 5.74) is 1.49. The smallest absolute Gasteiger partial charge is 0.323 e. The number of anilines is 1. The number of rotatable bonds is 4. The maximum Gasteiger partial charge on any atom is 0.323 e. The summed E-state index contributed by atoms with van der Waals surface area (Å²) in [6.07, 6.45) is -0.856. The Morgan fingerprint density at radius 1 is 1.07 bits per heavy atom. The monoisotopic (exact) mass is 368 g/mol. The number of hydrogen-bond acceptors (Lipinski definition) is 5. The molecule has 0 spiro atoms. The second-order valence-corrected chi connectivity index (χ2v) is 6.16. The highest BCUT2D eigenvalue weighted by Gasteiger charge is 2.50. The van der Waals surface area contributed by atoms with Gasteiger partial charge in [0.25, 0.3) is 11.8 Å². The van der Waals surface area contributed by atoms with Crippen LogP contribution in [0.2, 0.25) is 0 Å². The number of hydrogen-bond donors (Lipinski definition) is 1. The van der Waals surface area contributed by atoms with E-state index in [9.17, 15) is 19.5 Å². The van der Waals surface area contributed by atoms with Crippen LogP contribution in [0.3, 0.4) is 0 Å². The Kier molecular flexibility index (Phi) is 3.76. The largest absolute Gasteiger partial charge is 0.493 e. The van der Waals surface area contributed by atoms with E-state index in [1.165, 1.54) is 24.0 Å². The van der Waals surface area contributed by atoms with Crippen molar-refractivity contribution in [3.05, 3.63) is 53.1 Å². The number of amides is 2. The molecule has 138 valence electrons. The molecule has 0 saturated heterocycles. The number of carboxylic acid groups (broad SMARTS) is 1. The molecule has 8 nitrogen and oxygen atoms in total. The van der Waals surface area contributed by atoms with E-state index in [-0.39, 0.29) is 22.8 Å². The van der Waals surface area contributed by atoms with Gasteiger partial charge in [0.05, 0.1) is 31.0 Å². The summed E-state index contributed by atoms with van der Waals surface area (Å²) >= 11 is 0. The number of nitrogens with zero attached hydrogens (tertiary/aromatic N) is 2. The lowest BCUT2D eigenvalue weighted by molar-refractivity contribution is -0.138. The molecular formula is C19H16N2O6. The summed E-state index contributed by atoms with van der Waals surface area (Å²) in [7, 11) is 2.89. The molecule has 2 heterocycles. The van der Waals surface area contributed by atoms with E-state index in [1.807, 2.05) is 0 Å². The third kappa shape index (κ3) is 2.26. The van der Waals surface area contributed by atoms with Crippen molar-refractivity contribution in [1.82, 2.24) is 4.90 Å². The zero-order chi connectivity index (χ0) is 19.3. The van der Waals surface area contributed by atoms with Crippen LogP contribution in [-0.4, -0.2) is 48.6 Å². The number of benzene rings is 2. The van der Waals surface area contributed by atoms with Crippen molar-refractivity contribution in [2.45, 2.75) is 6.17 Å². The number of aliphatic carboxylic acids is 1. The summed E-state index contributed by atoms with van der Waals surface area (Å²) < 4.78 is 10.7. The third-order valence-electron chi connectivity index (χ3n) is 4.79.